The molecule has 0 spiro atoms. The first-order valence-electron chi connectivity index (χ1n) is 3.15. The van der Waals surface area contributed by atoms with Crippen LogP contribution in [0.3, 0.4) is 0 Å². The third kappa shape index (κ3) is 154. The first-order chi connectivity index (χ1) is 7.50. The Balaban J connectivity index is -0.0000000380. The van der Waals surface area contributed by atoms with Crippen LogP contribution >= 0.6 is 0 Å². The molecule has 0 aromatic rings. The fourth-order valence-corrected chi connectivity index (χ4v) is 0.321. The van der Waals surface area contributed by atoms with Gasteiger partial charge in [0.05, 0.1) is 0 Å². The van der Waals surface area contributed by atoms with Crippen molar-refractivity contribution in [3.05, 3.63) is 50.7 Å². The summed E-state index contributed by atoms with van der Waals surface area (Å²) in [5.74, 6) is 0. The fourth-order valence-electron chi connectivity index (χ4n) is 0.321. The molecule has 3 nitrogen and oxygen atoms in total. The summed E-state index contributed by atoms with van der Waals surface area (Å²) in [6.07, 6.45) is 10.0. The molecule has 1 aliphatic carbocycles. The Morgan fingerprint density at radius 3 is 0.882 bits per heavy atom. The Kier molecular flexibility index (Phi) is 51.6. The first-order valence-corrected chi connectivity index (χ1v) is 3.15. The van der Waals surface area contributed by atoms with E-state index in [1.54, 1.807) is 0 Å². The van der Waals surface area contributed by atoms with Crippen LogP contribution in [0.4, 0.5) is 17.3 Å². The summed E-state index contributed by atoms with van der Waals surface area (Å²) in [6, 6.07) is 0. The maximum absolute atomic E-state index is 9.75. The van der Waals surface area contributed by atoms with Gasteiger partial charge in [-0.05, 0) is 0 Å². The van der Waals surface area contributed by atoms with Crippen molar-refractivity contribution in [1.82, 2.24) is 0 Å². The summed E-state index contributed by atoms with van der Waals surface area (Å²) >= 11 is 0. The van der Waals surface area contributed by atoms with Crippen LogP contribution in [0.5, 0.6) is 0 Å². The summed E-state index contributed by atoms with van der Waals surface area (Å²) in [5, 5.41) is 0. The number of rotatable bonds is 0. The minimum atomic E-state index is -6.00. The minimum absolute atomic E-state index is 0. The fraction of sp³-hybridized carbons (Fsp3) is 0. The monoisotopic (exact) mass is 338 g/mol. The molecule has 2 radical (unpaired) electrons. The molecule has 0 fully saturated rings. The Labute approximate surface area is 109 Å². The Bertz CT molecular complexity index is 215. The molecule has 0 saturated carbocycles. The molecule has 9 heteroatoms. The predicted molar refractivity (Wildman–Crippen MR) is 44.6 cm³/mol. The molecule has 0 atom stereocenters. The summed E-state index contributed by atoms with van der Waals surface area (Å²) in [4.78, 5) is 0. The maximum Gasteiger partial charge on any atom is 1.00 e. The second-order valence-electron chi connectivity index (χ2n) is 1.46. The molecule has 0 N–H and O–H groups in total. The summed E-state index contributed by atoms with van der Waals surface area (Å²) in [7, 11) is -6.00. The van der Waals surface area contributed by atoms with Gasteiger partial charge >= 0.3 is 60.6 Å². The van der Waals surface area contributed by atoms with Gasteiger partial charge in [0.1, 0.15) is 0 Å². The van der Waals surface area contributed by atoms with Crippen LogP contribution in [0.15, 0.2) is 24.3 Å². The van der Waals surface area contributed by atoms with Crippen molar-refractivity contribution in [2.24, 2.45) is 0 Å². The second kappa shape index (κ2) is 29.4. The SMILES string of the molecule is F[B-](F)(F)F.[C-]#[O+].[C-]#[O+].[C-]#[O+].[CH]1C=CC=C1.[Ru+]. The van der Waals surface area contributed by atoms with E-state index in [2.05, 4.69) is 20.0 Å². The Morgan fingerprint density at radius 2 is 0.824 bits per heavy atom. The van der Waals surface area contributed by atoms with E-state index >= 15 is 0 Å². The zero-order chi connectivity index (χ0) is 14.0. The van der Waals surface area contributed by atoms with E-state index in [0.29, 0.717) is 0 Å². The van der Waals surface area contributed by atoms with Crippen LogP contribution in [0.2, 0.25) is 0 Å². The van der Waals surface area contributed by atoms with Gasteiger partial charge in [0.25, 0.3) is 0 Å². The van der Waals surface area contributed by atoms with Crippen LogP contribution in [0, 0.1) is 26.4 Å². The number of hydrogen-bond acceptors (Lipinski definition) is 0. The van der Waals surface area contributed by atoms with Crippen molar-refractivity contribution < 1.29 is 50.7 Å². The van der Waals surface area contributed by atoms with Gasteiger partial charge < -0.3 is 17.3 Å². The number of halogens is 4. The zero-order valence-corrected chi connectivity index (χ0v) is 9.79. The maximum atomic E-state index is 9.75. The molecule has 17 heavy (non-hydrogen) atoms. The molecular formula is C8H5BF4O3Ru. The molecule has 0 aliphatic heterocycles. The van der Waals surface area contributed by atoms with E-state index in [1.165, 1.54) is 0 Å². The van der Waals surface area contributed by atoms with E-state index < -0.39 is 7.25 Å². The molecule has 0 aromatic heterocycles. The summed E-state index contributed by atoms with van der Waals surface area (Å²) in [5.41, 5.74) is 0. The predicted octanol–water partition coefficient (Wildman–Crippen LogP) is 2.50. The van der Waals surface area contributed by atoms with Crippen molar-refractivity contribution in [1.29, 1.82) is 0 Å². The quantitative estimate of drug-likeness (QED) is 0.282. The Morgan fingerprint density at radius 1 is 0.647 bits per heavy atom. The van der Waals surface area contributed by atoms with Gasteiger partial charge in [-0.25, -0.2) is 0 Å². The smallest absolute Gasteiger partial charge is 0.0767 e. The van der Waals surface area contributed by atoms with Gasteiger partial charge in [-0.2, -0.15) is 0 Å². The number of hydrogen-bond donors (Lipinski definition) is 0. The van der Waals surface area contributed by atoms with E-state index in [9.17, 15) is 17.3 Å². The van der Waals surface area contributed by atoms with Crippen LogP contribution in [-0.2, 0) is 33.4 Å². The topological polar surface area (TPSA) is 59.7 Å². The van der Waals surface area contributed by atoms with E-state index in [4.69, 9.17) is 14.0 Å². The molecule has 0 unspecified atom stereocenters. The van der Waals surface area contributed by atoms with E-state index in [1.807, 2.05) is 30.7 Å². The average Bonchev–Trinajstić information content (AvgIpc) is 2.82. The van der Waals surface area contributed by atoms with Gasteiger partial charge in [-0.15, -0.1) is 0 Å². The molecule has 94 valence electrons. The molecule has 0 amide bonds. The molecule has 0 saturated heterocycles. The van der Waals surface area contributed by atoms with E-state index in [0.717, 1.165) is 0 Å². The first kappa shape index (κ1) is 29.8. The molecule has 0 bridgehead atoms. The van der Waals surface area contributed by atoms with Crippen molar-refractivity contribution in [3.63, 3.8) is 0 Å². The molecule has 0 heterocycles. The van der Waals surface area contributed by atoms with E-state index in [-0.39, 0.29) is 19.5 Å². The van der Waals surface area contributed by atoms with Crippen LogP contribution in [0.1, 0.15) is 0 Å². The largest absolute Gasteiger partial charge is 1.00 e. The van der Waals surface area contributed by atoms with Crippen molar-refractivity contribution in [3.8, 4) is 0 Å². The van der Waals surface area contributed by atoms with Crippen LogP contribution in [0.25, 0.3) is 0 Å². The summed E-state index contributed by atoms with van der Waals surface area (Å²) < 4.78 is 61.5. The zero-order valence-electron chi connectivity index (χ0n) is 8.05. The van der Waals surface area contributed by atoms with Gasteiger partial charge in [-0.1, -0.05) is 24.3 Å². The third-order valence-corrected chi connectivity index (χ3v) is 0.556. The van der Waals surface area contributed by atoms with Gasteiger partial charge in [0.2, 0.25) is 0 Å². The molecular weight excluding hydrogens is 332 g/mol. The van der Waals surface area contributed by atoms with Gasteiger partial charge in [0, 0.05) is 6.42 Å². The molecule has 1 aliphatic rings. The van der Waals surface area contributed by atoms with Crippen molar-refractivity contribution in [2.75, 3.05) is 0 Å². The average molecular weight is 337 g/mol. The number of allylic oxidation sites excluding steroid dienone is 4. The normalized spacial score (nSPS) is 9.06. The third-order valence-electron chi connectivity index (χ3n) is 0.556. The van der Waals surface area contributed by atoms with Crippen molar-refractivity contribution in [2.45, 2.75) is 0 Å². The minimum Gasteiger partial charge on any atom is -0.0767 e. The molecule has 1 rings (SSSR count). The van der Waals surface area contributed by atoms with Crippen LogP contribution < -0.4 is 0 Å². The summed E-state index contributed by atoms with van der Waals surface area (Å²) in [6.45, 7) is 13.5. The standard InChI is InChI=1S/C5H5.3CO.BF4.Ru/c1-2-4-5-3-1;3*1-2;2-1(3,4)5;/h1-5H;;;;;/q;;;;-1;+1. The van der Waals surface area contributed by atoms with Gasteiger partial charge in [-0.3, -0.25) is 0 Å². The van der Waals surface area contributed by atoms with Gasteiger partial charge in [0.15, 0.2) is 0 Å². The Hall–Kier alpha value is -0.892. The second-order valence-corrected chi connectivity index (χ2v) is 1.46. The molecule has 0 aromatic carbocycles. The van der Waals surface area contributed by atoms with Crippen LogP contribution in [-0.4, -0.2) is 7.25 Å². The van der Waals surface area contributed by atoms with Crippen molar-refractivity contribution >= 4 is 7.25 Å².